The van der Waals surface area contributed by atoms with E-state index in [4.69, 9.17) is 9.84 Å². The van der Waals surface area contributed by atoms with Gasteiger partial charge in [0.05, 0.1) is 13.0 Å². The van der Waals surface area contributed by atoms with Crippen LogP contribution in [0.25, 0.3) is 0 Å². The Morgan fingerprint density at radius 1 is 1.38 bits per heavy atom. The van der Waals surface area contributed by atoms with Gasteiger partial charge in [0, 0.05) is 6.42 Å². The second-order valence-corrected chi connectivity index (χ2v) is 2.53. The first kappa shape index (κ1) is 11.9. The van der Waals surface area contributed by atoms with Gasteiger partial charge in [0.1, 0.15) is 11.6 Å². The van der Waals surface area contributed by atoms with Crippen LogP contribution in [0, 0.1) is 0 Å². The summed E-state index contributed by atoms with van der Waals surface area (Å²) in [4.78, 5) is 10.1. The highest BCUT2D eigenvalue weighted by Gasteiger charge is 2.05. The van der Waals surface area contributed by atoms with Gasteiger partial charge < -0.3 is 9.84 Å². The lowest BCUT2D eigenvalue weighted by Crippen LogP contribution is -2.03. The molecule has 13 heavy (non-hydrogen) atoms. The van der Waals surface area contributed by atoms with Crippen molar-refractivity contribution >= 4 is 5.97 Å². The van der Waals surface area contributed by atoms with Gasteiger partial charge in [-0.25, -0.2) is 4.39 Å². The number of hydrogen-bond acceptors (Lipinski definition) is 2. The SMILES string of the molecule is CC/C(F)=C(\CC)OCCC(=O)O. The van der Waals surface area contributed by atoms with Crippen LogP contribution < -0.4 is 0 Å². The lowest BCUT2D eigenvalue weighted by molar-refractivity contribution is -0.137. The minimum atomic E-state index is -0.938. The summed E-state index contributed by atoms with van der Waals surface area (Å²) in [7, 11) is 0. The zero-order valence-electron chi connectivity index (χ0n) is 7.97. The van der Waals surface area contributed by atoms with E-state index >= 15 is 0 Å². The predicted octanol–water partition coefficient (Wildman–Crippen LogP) is 2.48. The van der Waals surface area contributed by atoms with Crippen molar-refractivity contribution in [3.8, 4) is 0 Å². The third-order valence-corrected chi connectivity index (χ3v) is 1.53. The highest BCUT2D eigenvalue weighted by atomic mass is 19.1. The van der Waals surface area contributed by atoms with Crippen molar-refractivity contribution in [3.63, 3.8) is 0 Å². The van der Waals surface area contributed by atoms with Crippen LogP contribution in [-0.2, 0) is 9.53 Å². The van der Waals surface area contributed by atoms with E-state index in [9.17, 15) is 9.18 Å². The average Bonchev–Trinajstić information content (AvgIpc) is 2.11. The molecule has 0 aromatic carbocycles. The summed E-state index contributed by atoms with van der Waals surface area (Å²) < 4.78 is 17.9. The topological polar surface area (TPSA) is 46.5 Å². The zero-order chi connectivity index (χ0) is 10.3. The molecule has 0 fully saturated rings. The minimum Gasteiger partial charge on any atom is -0.495 e. The highest BCUT2D eigenvalue weighted by Crippen LogP contribution is 2.14. The number of rotatable bonds is 6. The van der Waals surface area contributed by atoms with Crippen LogP contribution >= 0.6 is 0 Å². The molecule has 0 rings (SSSR count). The fourth-order valence-electron chi connectivity index (χ4n) is 0.831. The van der Waals surface area contributed by atoms with Crippen molar-refractivity contribution in [2.24, 2.45) is 0 Å². The van der Waals surface area contributed by atoms with Crippen LogP contribution in [0.5, 0.6) is 0 Å². The molecule has 0 amide bonds. The van der Waals surface area contributed by atoms with Gasteiger partial charge in [0.15, 0.2) is 0 Å². The van der Waals surface area contributed by atoms with Crippen molar-refractivity contribution in [2.75, 3.05) is 6.61 Å². The third kappa shape index (κ3) is 5.22. The molecular weight excluding hydrogens is 175 g/mol. The lowest BCUT2D eigenvalue weighted by Gasteiger charge is -2.07. The fourth-order valence-corrected chi connectivity index (χ4v) is 0.831. The predicted molar refractivity (Wildman–Crippen MR) is 46.9 cm³/mol. The number of aliphatic carboxylic acids is 1. The van der Waals surface area contributed by atoms with Gasteiger partial charge >= 0.3 is 5.97 Å². The molecule has 0 aromatic heterocycles. The summed E-state index contributed by atoms with van der Waals surface area (Å²) >= 11 is 0. The van der Waals surface area contributed by atoms with E-state index in [1.54, 1.807) is 13.8 Å². The zero-order valence-corrected chi connectivity index (χ0v) is 7.97. The molecule has 0 radical (unpaired) electrons. The largest absolute Gasteiger partial charge is 0.495 e. The quantitative estimate of drug-likeness (QED) is 0.654. The first-order chi connectivity index (χ1) is 6.11. The second-order valence-electron chi connectivity index (χ2n) is 2.53. The molecule has 0 spiro atoms. The average molecular weight is 190 g/mol. The summed E-state index contributed by atoms with van der Waals surface area (Å²) in [5, 5.41) is 8.31. The van der Waals surface area contributed by atoms with E-state index in [1.165, 1.54) is 0 Å². The van der Waals surface area contributed by atoms with Gasteiger partial charge in [-0.2, -0.15) is 0 Å². The Morgan fingerprint density at radius 3 is 2.38 bits per heavy atom. The first-order valence-electron chi connectivity index (χ1n) is 4.33. The van der Waals surface area contributed by atoms with Crippen molar-refractivity contribution in [2.45, 2.75) is 33.1 Å². The Labute approximate surface area is 77.2 Å². The number of allylic oxidation sites excluding steroid dienone is 2. The van der Waals surface area contributed by atoms with Crippen molar-refractivity contribution < 1.29 is 19.0 Å². The van der Waals surface area contributed by atoms with Crippen LogP contribution in [0.4, 0.5) is 4.39 Å². The van der Waals surface area contributed by atoms with E-state index in [-0.39, 0.29) is 31.0 Å². The summed E-state index contributed by atoms with van der Waals surface area (Å²) in [6.45, 7) is 3.49. The Kier molecular flexibility index (Phi) is 5.93. The Bertz CT molecular complexity index is 199. The Balaban J connectivity index is 3.93. The van der Waals surface area contributed by atoms with Crippen molar-refractivity contribution in [1.29, 1.82) is 0 Å². The van der Waals surface area contributed by atoms with Crippen LogP contribution in [-0.4, -0.2) is 17.7 Å². The molecule has 76 valence electrons. The molecule has 0 bridgehead atoms. The summed E-state index contributed by atoms with van der Waals surface area (Å²) in [6, 6.07) is 0. The van der Waals surface area contributed by atoms with Gasteiger partial charge in [0.25, 0.3) is 0 Å². The maximum Gasteiger partial charge on any atom is 0.306 e. The molecule has 3 nitrogen and oxygen atoms in total. The standard InChI is InChI=1S/C9H15FO3/c1-3-7(10)8(4-2)13-6-5-9(11)12/h3-6H2,1-2H3,(H,11,12)/b8-7-. The number of hydrogen-bond donors (Lipinski definition) is 1. The van der Waals surface area contributed by atoms with E-state index in [2.05, 4.69) is 0 Å². The normalized spacial score (nSPS) is 12.2. The number of carbonyl (C=O) groups is 1. The molecule has 0 aliphatic carbocycles. The van der Waals surface area contributed by atoms with E-state index in [1.807, 2.05) is 0 Å². The van der Waals surface area contributed by atoms with Gasteiger partial charge in [0.2, 0.25) is 0 Å². The van der Waals surface area contributed by atoms with Crippen molar-refractivity contribution in [3.05, 3.63) is 11.6 Å². The lowest BCUT2D eigenvalue weighted by atomic mass is 10.3. The number of halogens is 1. The fraction of sp³-hybridized carbons (Fsp3) is 0.667. The molecule has 4 heteroatoms. The molecule has 0 aliphatic heterocycles. The molecule has 0 aliphatic rings. The van der Waals surface area contributed by atoms with Gasteiger partial charge in [-0.1, -0.05) is 13.8 Å². The molecule has 0 saturated carbocycles. The summed E-state index contributed by atoms with van der Waals surface area (Å²) in [5.74, 6) is -0.969. The van der Waals surface area contributed by atoms with Crippen molar-refractivity contribution in [1.82, 2.24) is 0 Å². The Hall–Kier alpha value is -1.06. The number of ether oxygens (including phenoxy) is 1. The van der Waals surface area contributed by atoms with Crippen LogP contribution in [0.15, 0.2) is 11.6 Å². The minimum absolute atomic E-state index is 0.0337. The molecular formula is C9H15FO3. The molecule has 0 aromatic rings. The number of carboxylic acid groups (broad SMARTS) is 1. The molecule has 0 atom stereocenters. The van der Waals surface area contributed by atoms with Gasteiger partial charge in [-0.15, -0.1) is 0 Å². The molecule has 0 saturated heterocycles. The Morgan fingerprint density at radius 2 is 2.00 bits per heavy atom. The smallest absolute Gasteiger partial charge is 0.306 e. The second kappa shape index (κ2) is 6.46. The molecule has 1 N–H and O–H groups in total. The van der Waals surface area contributed by atoms with Crippen LogP contribution in [0.1, 0.15) is 33.1 Å². The first-order valence-corrected chi connectivity index (χ1v) is 4.33. The molecule has 0 unspecified atom stereocenters. The van der Waals surface area contributed by atoms with E-state index < -0.39 is 5.97 Å². The summed E-state index contributed by atoms with van der Waals surface area (Å²) in [5.41, 5.74) is 0. The summed E-state index contributed by atoms with van der Waals surface area (Å²) in [6.07, 6.45) is 0.649. The molecule has 0 heterocycles. The monoisotopic (exact) mass is 190 g/mol. The number of carboxylic acids is 1. The van der Waals surface area contributed by atoms with Gasteiger partial charge in [-0.05, 0) is 6.42 Å². The van der Waals surface area contributed by atoms with E-state index in [0.717, 1.165) is 0 Å². The van der Waals surface area contributed by atoms with Crippen LogP contribution in [0.3, 0.4) is 0 Å². The highest BCUT2D eigenvalue weighted by molar-refractivity contribution is 5.66. The van der Waals surface area contributed by atoms with Gasteiger partial charge in [-0.3, -0.25) is 4.79 Å². The maximum atomic E-state index is 12.9. The van der Waals surface area contributed by atoms with E-state index in [0.29, 0.717) is 6.42 Å². The third-order valence-electron chi connectivity index (χ3n) is 1.53. The van der Waals surface area contributed by atoms with Crippen LogP contribution in [0.2, 0.25) is 0 Å². The maximum absolute atomic E-state index is 12.9.